The SMILES string of the molecule is NC(=O)c1c(F)c(F)c(Oc2c(F)c(F)c(Oc3c(F)c(F)c(C(N)=O)c(F)c3F)c(F)c2F)c(F)c1F. The van der Waals surface area contributed by atoms with Crippen molar-refractivity contribution in [3.05, 3.63) is 80.9 Å². The van der Waals surface area contributed by atoms with E-state index in [1.165, 1.54) is 0 Å². The lowest BCUT2D eigenvalue weighted by Gasteiger charge is -2.16. The smallest absolute Gasteiger partial charge is 0.254 e. The molecule has 0 atom stereocenters. The van der Waals surface area contributed by atoms with Gasteiger partial charge in [0, 0.05) is 0 Å². The molecule has 0 unspecified atom stereocenters. The summed E-state index contributed by atoms with van der Waals surface area (Å²) in [4.78, 5) is 21.9. The summed E-state index contributed by atoms with van der Waals surface area (Å²) in [5, 5.41) is 0. The summed E-state index contributed by atoms with van der Waals surface area (Å²) in [5.41, 5.74) is 5.08. The molecule has 0 saturated carbocycles. The number of carbonyl (C=O) groups is 2. The maximum Gasteiger partial charge on any atom is 0.254 e. The first-order chi connectivity index (χ1) is 17.5. The molecule has 6 nitrogen and oxygen atoms in total. The third-order valence-electron chi connectivity index (χ3n) is 4.53. The monoisotopic (exact) mass is 564 g/mol. The molecule has 202 valence electrons. The standard InChI is InChI=1S/C20H4F12N2O4/c21-3-1(19(33)35)4(22)8(26)15(7(3)25)37-17-11(29)13(31)18(14(32)12(17)30)38-16-9(27)5(23)2(20(34)36)6(24)10(16)28/h(H2,33,35)(H2,34,36). The molecule has 0 aromatic heterocycles. The molecule has 18 heteroatoms. The fourth-order valence-electron chi connectivity index (χ4n) is 2.81. The minimum Gasteiger partial charge on any atom is -0.444 e. The van der Waals surface area contributed by atoms with Crippen LogP contribution in [0.15, 0.2) is 0 Å². The van der Waals surface area contributed by atoms with Crippen molar-refractivity contribution in [2.24, 2.45) is 11.5 Å². The number of hydrogen-bond acceptors (Lipinski definition) is 4. The van der Waals surface area contributed by atoms with Gasteiger partial charge in [0.2, 0.25) is 69.5 Å². The highest BCUT2D eigenvalue weighted by atomic mass is 19.2. The second kappa shape index (κ2) is 9.67. The molecule has 0 spiro atoms. The largest absolute Gasteiger partial charge is 0.444 e. The van der Waals surface area contributed by atoms with Gasteiger partial charge in [-0.3, -0.25) is 9.59 Å². The molecule has 0 bridgehead atoms. The molecule has 3 aromatic carbocycles. The van der Waals surface area contributed by atoms with Gasteiger partial charge in [-0.2, -0.15) is 35.1 Å². The lowest BCUT2D eigenvalue weighted by molar-refractivity contribution is 0.0980. The molecular formula is C20H4F12N2O4. The van der Waals surface area contributed by atoms with E-state index >= 15 is 0 Å². The predicted octanol–water partition coefficient (Wildman–Crippen LogP) is 5.14. The van der Waals surface area contributed by atoms with Crippen LogP contribution < -0.4 is 20.9 Å². The number of amides is 2. The van der Waals surface area contributed by atoms with Crippen LogP contribution in [0.5, 0.6) is 23.0 Å². The van der Waals surface area contributed by atoms with Crippen molar-refractivity contribution in [3.63, 3.8) is 0 Å². The van der Waals surface area contributed by atoms with E-state index in [1.54, 1.807) is 0 Å². The number of nitrogens with two attached hydrogens (primary N) is 2. The first kappa shape index (κ1) is 27.9. The van der Waals surface area contributed by atoms with Crippen LogP contribution in [0.1, 0.15) is 20.7 Å². The van der Waals surface area contributed by atoms with Crippen molar-refractivity contribution in [2.45, 2.75) is 0 Å². The van der Waals surface area contributed by atoms with Crippen molar-refractivity contribution in [1.82, 2.24) is 0 Å². The van der Waals surface area contributed by atoms with Gasteiger partial charge in [0.1, 0.15) is 11.1 Å². The quantitative estimate of drug-likeness (QED) is 0.320. The number of hydrogen-bond donors (Lipinski definition) is 2. The Morgan fingerprint density at radius 1 is 0.368 bits per heavy atom. The van der Waals surface area contributed by atoms with Gasteiger partial charge in [0.15, 0.2) is 23.3 Å². The number of benzene rings is 3. The molecule has 0 aliphatic heterocycles. The Balaban J connectivity index is 2.19. The minimum atomic E-state index is -2.83. The van der Waals surface area contributed by atoms with Crippen LogP contribution in [-0.4, -0.2) is 11.8 Å². The molecule has 0 saturated heterocycles. The highest BCUT2D eigenvalue weighted by molar-refractivity contribution is 5.94. The summed E-state index contributed by atoms with van der Waals surface area (Å²) in [6, 6.07) is 0. The zero-order valence-electron chi connectivity index (χ0n) is 17.3. The van der Waals surface area contributed by atoms with E-state index in [0.29, 0.717) is 0 Å². The Labute approximate surface area is 199 Å². The van der Waals surface area contributed by atoms with Crippen molar-refractivity contribution < 1.29 is 71.7 Å². The molecule has 0 aliphatic rings. The van der Waals surface area contributed by atoms with Crippen LogP contribution in [0.4, 0.5) is 52.7 Å². The molecule has 38 heavy (non-hydrogen) atoms. The van der Waals surface area contributed by atoms with Crippen LogP contribution in [0.3, 0.4) is 0 Å². The summed E-state index contributed by atoms with van der Waals surface area (Å²) in [5.74, 6) is -45.8. The van der Waals surface area contributed by atoms with E-state index < -0.39 is 116 Å². The Morgan fingerprint density at radius 2 is 0.526 bits per heavy atom. The van der Waals surface area contributed by atoms with Gasteiger partial charge in [-0.05, 0) is 0 Å². The molecule has 4 N–H and O–H groups in total. The Bertz CT molecular complexity index is 1360. The first-order valence-corrected chi connectivity index (χ1v) is 9.07. The van der Waals surface area contributed by atoms with Gasteiger partial charge in [-0.1, -0.05) is 0 Å². The maximum atomic E-state index is 14.4. The number of halogens is 12. The highest BCUT2D eigenvalue weighted by Crippen LogP contribution is 2.42. The zero-order valence-corrected chi connectivity index (χ0v) is 17.3. The second-order valence-electron chi connectivity index (χ2n) is 6.77. The summed E-state index contributed by atoms with van der Waals surface area (Å²) in [6.45, 7) is 0. The molecule has 0 fully saturated rings. The molecule has 0 radical (unpaired) electrons. The fraction of sp³-hybridized carbons (Fsp3) is 0. The summed E-state index contributed by atoms with van der Waals surface area (Å²) in [6.07, 6.45) is 0. The fourth-order valence-corrected chi connectivity index (χ4v) is 2.81. The molecule has 0 aliphatic carbocycles. The molecule has 0 heterocycles. The molecular weight excluding hydrogens is 560 g/mol. The Morgan fingerprint density at radius 3 is 0.684 bits per heavy atom. The lowest BCUT2D eigenvalue weighted by Crippen LogP contribution is -2.19. The number of ether oxygens (including phenoxy) is 2. The highest BCUT2D eigenvalue weighted by Gasteiger charge is 2.36. The van der Waals surface area contributed by atoms with Gasteiger partial charge < -0.3 is 20.9 Å². The van der Waals surface area contributed by atoms with Crippen molar-refractivity contribution in [1.29, 1.82) is 0 Å². The average molecular weight is 564 g/mol. The van der Waals surface area contributed by atoms with Gasteiger partial charge >= 0.3 is 0 Å². The van der Waals surface area contributed by atoms with Gasteiger partial charge in [-0.25, -0.2) is 17.6 Å². The number of carbonyl (C=O) groups excluding carboxylic acids is 2. The third kappa shape index (κ3) is 4.16. The van der Waals surface area contributed by atoms with Crippen LogP contribution >= 0.6 is 0 Å². The van der Waals surface area contributed by atoms with E-state index in [4.69, 9.17) is 0 Å². The average Bonchev–Trinajstić information content (AvgIpc) is 2.84. The van der Waals surface area contributed by atoms with Crippen molar-refractivity contribution in [2.75, 3.05) is 0 Å². The predicted molar refractivity (Wildman–Crippen MR) is 96.0 cm³/mol. The van der Waals surface area contributed by atoms with Crippen molar-refractivity contribution >= 4 is 11.8 Å². The Kier molecular flexibility index (Phi) is 7.11. The number of primary amides is 2. The van der Waals surface area contributed by atoms with Gasteiger partial charge in [0.05, 0.1) is 0 Å². The van der Waals surface area contributed by atoms with Crippen molar-refractivity contribution in [3.8, 4) is 23.0 Å². The van der Waals surface area contributed by atoms with E-state index in [1.807, 2.05) is 0 Å². The van der Waals surface area contributed by atoms with E-state index in [2.05, 4.69) is 20.9 Å². The first-order valence-electron chi connectivity index (χ1n) is 9.07. The zero-order chi connectivity index (χ0) is 29.0. The summed E-state index contributed by atoms with van der Waals surface area (Å²) in [7, 11) is 0. The van der Waals surface area contributed by atoms with Gasteiger partial charge in [0.25, 0.3) is 11.8 Å². The lowest BCUT2D eigenvalue weighted by atomic mass is 10.1. The maximum absolute atomic E-state index is 14.4. The molecule has 3 aromatic rings. The molecule has 2 amide bonds. The van der Waals surface area contributed by atoms with Crippen LogP contribution in [0.25, 0.3) is 0 Å². The topological polar surface area (TPSA) is 105 Å². The minimum absolute atomic E-state index is 2.00. The molecule has 3 rings (SSSR count). The Hall–Kier alpha value is -4.64. The van der Waals surface area contributed by atoms with Crippen LogP contribution in [0, 0.1) is 69.8 Å². The number of rotatable bonds is 6. The van der Waals surface area contributed by atoms with Gasteiger partial charge in [-0.15, -0.1) is 0 Å². The van der Waals surface area contributed by atoms with Crippen LogP contribution in [-0.2, 0) is 0 Å². The van der Waals surface area contributed by atoms with Crippen LogP contribution in [0.2, 0.25) is 0 Å². The third-order valence-corrected chi connectivity index (χ3v) is 4.53. The van der Waals surface area contributed by atoms with E-state index in [9.17, 15) is 62.3 Å². The summed E-state index contributed by atoms with van der Waals surface area (Å²) >= 11 is 0. The summed E-state index contributed by atoms with van der Waals surface area (Å²) < 4.78 is 177. The van der Waals surface area contributed by atoms with E-state index in [0.717, 1.165) is 0 Å². The second-order valence-corrected chi connectivity index (χ2v) is 6.77. The van der Waals surface area contributed by atoms with E-state index in [-0.39, 0.29) is 0 Å². The normalized spacial score (nSPS) is 11.1.